The monoisotopic (exact) mass is 229 g/mol. The van der Waals surface area contributed by atoms with Crippen LogP contribution in [0.1, 0.15) is 20.3 Å². The zero-order valence-electron chi connectivity index (χ0n) is 11.4. The maximum Gasteiger partial charge on any atom is 0.226 e. The van der Waals surface area contributed by atoms with E-state index in [9.17, 15) is 4.79 Å². The van der Waals surface area contributed by atoms with E-state index in [0.29, 0.717) is 12.5 Å². The largest absolute Gasteiger partial charge is 0.345 e. The Labute approximate surface area is 99.8 Å². The van der Waals surface area contributed by atoms with Gasteiger partial charge >= 0.3 is 0 Å². The van der Waals surface area contributed by atoms with Crippen molar-refractivity contribution in [2.75, 3.05) is 40.8 Å². The first-order valence-corrected chi connectivity index (χ1v) is 6.00. The van der Waals surface area contributed by atoms with E-state index in [1.54, 1.807) is 4.90 Å². The first-order valence-electron chi connectivity index (χ1n) is 6.00. The molecule has 16 heavy (non-hydrogen) atoms. The van der Waals surface area contributed by atoms with E-state index in [-0.39, 0.29) is 11.8 Å². The topological polar surface area (TPSA) is 49.6 Å². The van der Waals surface area contributed by atoms with Gasteiger partial charge in [0.25, 0.3) is 0 Å². The molecule has 0 fully saturated rings. The predicted octanol–water partition coefficient (Wildman–Crippen LogP) is 0.627. The van der Waals surface area contributed by atoms with Crippen molar-refractivity contribution in [3.8, 4) is 0 Å². The third-order valence-electron chi connectivity index (χ3n) is 2.85. The molecule has 0 saturated carbocycles. The van der Waals surface area contributed by atoms with E-state index in [0.717, 1.165) is 19.5 Å². The highest BCUT2D eigenvalue weighted by molar-refractivity contribution is 5.79. The van der Waals surface area contributed by atoms with Gasteiger partial charge in [-0.2, -0.15) is 0 Å². The summed E-state index contributed by atoms with van der Waals surface area (Å²) in [6.45, 7) is 6.34. The minimum Gasteiger partial charge on any atom is -0.345 e. The van der Waals surface area contributed by atoms with Crippen LogP contribution in [0.25, 0.3) is 0 Å². The molecule has 0 saturated heterocycles. The maximum atomic E-state index is 12.0. The molecule has 0 aliphatic carbocycles. The molecule has 0 aliphatic heterocycles. The second-order valence-electron chi connectivity index (χ2n) is 5.00. The van der Waals surface area contributed by atoms with Gasteiger partial charge in [0.15, 0.2) is 0 Å². The maximum absolute atomic E-state index is 12.0. The van der Waals surface area contributed by atoms with Gasteiger partial charge in [-0.3, -0.25) is 4.79 Å². The van der Waals surface area contributed by atoms with E-state index >= 15 is 0 Å². The highest BCUT2D eigenvalue weighted by atomic mass is 16.2. The average molecular weight is 229 g/mol. The molecule has 0 aromatic carbocycles. The van der Waals surface area contributed by atoms with Crippen LogP contribution in [0.5, 0.6) is 0 Å². The Balaban J connectivity index is 4.06. The number of hydrogen-bond acceptors (Lipinski definition) is 3. The molecule has 96 valence electrons. The summed E-state index contributed by atoms with van der Waals surface area (Å²) in [5, 5.41) is 0. The lowest BCUT2D eigenvalue weighted by atomic mass is 9.94. The Bertz CT molecular complexity index is 204. The van der Waals surface area contributed by atoms with Gasteiger partial charge in [0, 0.05) is 20.1 Å². The van der Waals surface area contributed by atoms with Crippen molar-refractivity contribution < 1.29 is 4.79 Å². The number of carbonyl (C=O) groups is 1. The number of nitrogens with zero attached hydrogens (tertiary/aromatic N) is 2. The third kappa shape index (κ3) is 5.47. The summed E-state index contributed by atoms with van der Waals surface area (Å²) in [6, 6.07) is 0. The molecule has 0 spiro atoms. The van der Waals surface area contributed by atoms with Crippen LogP contribution in [0.4, 0.5) is 0 Å². The fourth-order valence-corrected chi connectivity index (χ4v) is 1.68. The number of amides is 1. The number of carbonyl (C=O) groups excluding carboxylic acids is 1. The molecular formula is C12H27N3O. The molecule has 0 bridgehead atoms. The van der Waals surface area contributed by atoms with Crippen molar-refractivity contribution in [2.24, 2.45) is 17.6 Å². The van der Waals surface area contributed by atoms with E-state index in [4.69, 9.17) is 5.73 Å². The van der Waals surface area contributed by atoms with E-state index in [2.05, 4.69) is 4.90 Å². The smallest absolute Gasteiger partial charge is 0.226 e. The SMILES string of the molecule is CC(C)C(CN)C(=O)N(C)CCCN(C)C. The Kier molecular flexibility index (Phi) is 7.34. The van der Waals surface area contributed by atoms with Gasteiger partial charge in [0.1, 0.15) is 0 Å². The molecule has 2 N–H and O–H groups in total. The zero-order valence-corrected chi connectivity index (χ0v) is 11.4. The van der Waals surface area contributed by atoms with Crippen LogP contribution < -0.4 is 5.73 Å². The third-order valence-corrected chi connectivity index (χ3v) is 2.85. The number of hydrogen-bond donors (Lipinski definition) is 1. The summed E-state index contributed by atoms with van der Waals surface area (Å²) >= 11 is 0. The summed E-state index contributed by atoms with van der Waals surface area (Å²) in [6.07, 6.45) is 1.00. The summed E-state index contributed by atoms with van der Waals surface area (Å²) < 4.78 is 0. The van der Waals surface area contributed by atoms with Crippen molar-refractivity contribution in [3.63, 3.8) is 0 Å². The summed E-state index contributed by atoms with van der Waals surface area (Å²) in [5.74, 6) is 0.453. The number of rotatable bonds is 7. The average Bonchev–Trinajstić information content (AvgIpc) is 2.17. The van der Waals surface area contributed by atoms with Crippen LogP contribution >= 0.6 is 0 Å². The Morgan fingerprint density at radius 3 is 2.12 bits per heavy atom. The Morgan fingerprint density at radius 2 is 1.75 bits per heavy atom. The fraction of sp³-hybridized carbons (Fsp3) is 0.917. The fourth-order valence-electron chi connectivity index (χ4n) is 1.68. The lowest BCUT2D eigenvalue weighted by Crippen LogP contribution is -2.40. The van der Waals surface area contributed by atoms with Crippen molar-refractivity contribution in [2.45, 2.75) is 20.3 Å². The second-order valence-corrected chi connectivity index (χ2v) is 5.00. The Hall–Kier alpha value is -0.610. The lowest BCUT2D eigenvalue weighted by Gasteiger charge is -2.25. The molecule has 0 aromatic rings. The molecule has 0 radical (unpaired) electrons. The molecule has 0 rings (SSSR count). The molecule has 0 aromatic heterocycles. The van der Waals surface area contributed by atoms with Gasteiger partial charge in [0.05, 0.1) is 5.92 Å². The summed E-state index contributed by atoms with van der Waals surface area (Å²) in [5.41, 5.74) is 5.63. The van der Waals surface area contributed by atoms with Crippen LogP contribution in [0, 0.1) is 11.8 Å². The molecule has 0 aliphatic rings. The molecule has 1 atom stereocenters. The molecule has 4 heteroatoms. The van der Waals surface area contributed by atoms with Crippen molar-refractivity contribution in [1.82, 2.24) is 9.80 Å². The van der Waals surface area contributed by atoms with Gasteiger partial charge in [0.2, 0.25) is 5.91 Å². The highest BCUT2D eigenvalue weighted by Gasteiger charge is 2.23. The van der Waals surface area contributed by atoms with Crippen LogP contribution in [0.3, 0.4) is 0 Å². The molecule has 0 heterocycles. The number of nitrogens with two attached hydrogens (primary N) is 1. The van der Waals surface area contributed by atoms with Gasteiger partial charge in [-0.15, -0.1) is 0 Å². The zero-order chi connectivity index (χ0) is 12.7. The van der Waals surface area contributed by atoms with Crippen LogP contribution in [0.15, 0.2) is 0 Å². The molecule has 1 unspecified atom stereocenters. The minimum atomic E-state index is -0.0376. The normalized spacial score (nSPS) is 13.2. The van der Waals surface area contributed by atoms with Gasteiger partial charge in [-0.25, -0.2) is 0 Å². The first-order chi connectivity index (χ1) is 7.40. The van der Waals surface area contributed by atoms with E-state index in [1.807, 2.05) is 35.0 Å². The van der Waals surface area contributed by atoms with Crippen molar-refractivity contribution in [3.05, 3.63) is 0 Å². The second kappa shape index (κ2) is 7.63. The lowest BCUT2D eigenvalue weighted by molar-refractivity contribution is -0.135. The standard InChI is InChI=1S/C12H27N3O/c1-10(2)11(9-13)12(16)15(5)8-6-7-14(3)4/h10-11H,6-9,13H2,1-5H3. The van der Waals surface area contributed by atoms with Crippen LogP contribution in [-0.2, 0) is 4.79 Å². The molecule has 1 amide bonds. The van der Waals surface area contributed by atoms with Gasteiger partial charge in [-0.05, 0) is 33.0 Å². The van der Waals surface area contributed by atoms with Gasteiger partial charge < -0.3 is 15.5 Å². The minimum absolute atomic E-state index is 0.0376. The van der Waals surface area contributed by atoms with E-state index < -0.39 is 0 Å². The Morgan fingerprint density at radius 1 is 1.19 bits per heavy atom. The quantitative estimate of drug-likeness (QED) is 0.696. The van der Waals surface area contributed by atoms with Crippen molar-refractivity contribution in [1.29, 1.82) is 0 Å². The first kappa shape index (κ1) is 15.4. The predicted molar refractivity (Wildman–Crippen MR) is 68.2 cm³/mol. The highest BCUT2D eigenvalue weighted by Crippen LogP contribution is 2.12. The van der Waals surface area contributed by atoms with E-state index in [1.165, 1.54) is 0 Å². The van der Waals surface area contributed by atoms with Gasteiger partial charge in [-0.1, -0.05) is 13.8 Å². The summed E-state index contributed by atoms with van der Waals surface area (Å²) in [7, 11) is 5.94. The molecule has 4 nitrogen and oxygen atoms in total. The summed E-state index contributed by atoms with van der Waals surface area (Å²) in [4.78, 5) is 16.0. The molecular weight excluding hydrogens is 202 g/mol. The van der Waals surface area contributed by atoms with Crippen molar-refractivity contribution >= 4 is 5.91 Å². The van der Waals surface area contributed by atoms with Crippen LogP contribution in [0.2, 0.25) is 0 Å². The van der Waals surface area contributed by atoms with Crippen LogP contribution in [-0.4, -0.2) is 56.5 Å².